The van der Waals surface area contributed by atoms with Crippen molar-refractivity contribution in [2.45, 2.75) is 26.5 Å². The SMILES string of the molecule is Cc1cccc(NC(=O)C(C)NC(=O)OCc2ccccc2)n1. The largest absolute Gasteiger partial charge is 0.445 e. The standard InChI is InChI=1S/C17H19N3O3/c1-12-7-6-10-15(18-12)20-16(21)13(2)19-17(22)23-11-14-8-4-3-5-9-14/h3-10,13H,11H2,1-2H3,(H,19,22)(H,18,20,21). The summed E-state index contributed by atoms with van der Waals surface area (Å²) in [6, 6.07) is 13.9. The highest BCUT2D eigenvalue weighted by Gasteiger charge is 2.16. The van der Waals surface area contributed by atoms with Crippen molar-refractivity contribution >= 4 is 17.8 Å². The average Bonchev–Trinajstić information content (AvgIpc) is 2.54. The molecule has 1 atom stereocenters. The summed E-state index contributed by atoms with van der Waals surface area (Å²) in [7, 11) is 0. The number of nitrogens with one attached hydrogen (secondary N) is 2. The minimum Gasteiger partial charge on any atom is -0.445 e. The van der Waals surface area contributed by atoms with Gasteiger partial charge in [-0.1, -0.05) is 36.4 Å². The topological polar surface area (TPSA) is 80.3 Å². The predicted octanol–water partition coefficient (Wildman–Crippen LogP) is 2.64. The second-order valence-corrected chi connectivity index (χ2v) is 5.08. The zero-order chi connectivity index (χ0) is 16.7. The van der Waals surface area contributed by atoms with Crippen LogP contribution >= 0.6 is 0 Å². The van der Waals surface area contributed by atoms with Crippen LogP contribution in [-0.4, -0.2) is 23.0 Å². The summed E-state index contributed by atoms with van der Waals surface area (Å²) in [6.45, 7) is 3.56. The van der Waals surface area contributed by atoms with Crippen molar-refractivity contribution in [2.24, 2.45) is 0 Å². The van der Waals surface area contributed by atoms with Gasteiger partial charge in [0.2, 0.25) is 5.91 Å². The maximum atomic E-state index is 12.0. The van der Waals surface area contributed by atoms with Gasteiger partial charge in [-0.05, 0) is 31.5 Å². The first kappa shape index (κ1) is 16.5. The Morgan fingerprint density at radius 2 is 1.87 bits per heavy atom. The molecule has 1 aromatic heterocycles. The molecule has 2 aromatic rings. The molecule has 6 nitrogen and oxygen atoms in total. The average molecular weight is 313 g/mol. The Morgan fingerprint density at radius 3 is 2.57 bits per heavy atom. The highest BCUT2D eigenvalue weighted by Crippen LogP contribution is 2.05. The summed E-state index contributed by atoms with van der Waals surface area (Å²) in [5.74, 6) is 0.0843. The Kier molecular flexibility index (Phi) is 5.68. The number of anilines is 1. The van der Waals surface area contributed by atoms with Crippen LogP contribution in [0.15, 0.2) is 48.5 Å². The van der Waals surface area contributed by atoms with E-state index in [0.29, 0.717) is 5.82 Å². The Morgan fingerprint density at radius 1 is 1.13 bits per heavy atom. The van der Waals surface area contributed by atoms with E-state index in [-0.39, 0.29) is 12.5 Å². The summed E-state index contributed by atoms with van der Waals surface area (Å²) in [4.78, 5) is 27.9. The maximum absolute atomic E-state index is 12.0. The molecule has 120 valence electrons. The van der Waals surface area contributed by atoms with Crippen molar-refractivity contribution < 1.29 is 14.3 Å². The zero-order valence-electron chi connectivity index (χ0n) is 13.1. The Bertz CT molecular complexity index is 674. The minimum absolute atomic E-state index is 0.153. The van der Waals surface area contributed by atoms with Crippen LogP contribution in [-0.2, 0) is 16.1 Å². The molecule has 0 saturated heterocycles. The summed E-state index contributed by atoms with van der Waals surface area (Å²) in [6.07, 6.45) is -0.645. The number of ether oxygens (including phenoxy) is 1. The third kappa shape index (κ3) is 5.43. The van der Waals surface area contributed by atoms with Gasteiger partial charge in [0.15, 0.2) is 0 Å². The van der Waals surface area contributed by atoms with E-state index in [2.05, 4.69) is 15.6 Å². The quantitative estimate of drug-likeness (QED) is 0.889. The van der Waals surface area contributed by atoms with E-state index >= 15 is 0 Å². The van der Waals surface area contributed by atoms with Crippen LogP contribution in [0.3, 0.4) is 0 Å². The van der Waals surface area contributed by atoms with E-state index in [9.17, 15) is 9.59 Å². The fourth-order valence-corrected chi connectivity index (χ4v) is 1.85. The molecule has 1 aromatic carbocycles. The second kappa shape index (κ2) is 7.93. The van der Waals surface area contributed by atoms with Crippen LogP contribution in [0.25, 0.3) is 0 Å². The number of amides is 2. The molecular weight excluding hydrogens is 294 g/mol. The van der Waals surface area contributed by atoms with E-state index < -0.39 is 12.1 Å². The van der Waals surface area contributed by atoms with Gasteiger partial charge < -0.3 is 15.4 Å². The highest BCUT2D eigenvalue weighted by atomic mass is 16.5. The number of benzene rings is 1. The lowest BCUT2D eigenvalue weighted by atomic mass is 10.2. The van der Waals surface area contributed by atoms with Crippen LogP contribution in [0, 0.1) is 6.92 Å². The van der Waals surface area contributed by atoms with Gasteiger partial charge in [0.25, 0.3) is 0 Å². The van der Waals surface area contributed by atoms with Crippen molar-refractivity contribution in [3.8, 4) is 0 Å². The molecule has 2 rings (SSSR count). The van der Waals surface area contributed by atoms with Crippen molar-refractivity contribution in [3.05, 3.63) is 59.8 Å². The van der Waals surface area contributed by atoms with Gasteiger partial charge in [-0.15, -0.1) is 0 Å². The van der Waals surface area contributed by atoms with Crippen LogP contribution in [0.2, 0.25) is 0 Å². The van der Waals surface area contributed by atoms with Gasteiger partial charge in [0.1, 0.15) is 18.5 Å². The van der Waals surface area contributed by atoms with Crippen molar-refractivity contribution in [1.29, 1.82) is 0 Å². The molecule has 0 aliphatic heterocycles. The van der Waals surface area contributed by atoms with E-state index in [4.69, 9.17) is 4.74 Å². The second-order valence-electron chi connectivity index (χ2n) is 5.08. The Labute approximate surface area is 134 Å². The molecule has 1 unspecified atom stereocenters. The third-order valence-corrected chi connectivity index (χ3v) is 3.08. The maximum Gasteiger partial charge on any atom is 0.408 e. The zero-order valence-corrected chi connectivity index (χ0v) is 13.1. The van der Waals surface area contributed by atoms with Gasteiger partial charge in [-0.2, -0.15) is 0 Å². The fraction of sp³-hybridized carbons (Fsp3) is 0.235. The van der Waals surface area contributed by atoms with Crippen molar-refractivity contribution in [2.75, 3.05) is 5.32 Å². The summed E-state index contributed by atoms with van der Waals surface area (Å²) in [5.41, 5.74) is 1.68. The van der Waals surface area contributed by atoms with Gasteiger partial charge in [-0.25, -0.2) is 9.78 Å². The first-order valence-electron chi connectivity index (χ1n) is 7.26. The molecule has 6 heteroatoms. The fourth-order valence-electron chi connectivity index (χ4n) is 1.85. The van der Waals surface area contributed by atoms with Crippen LogP contribution in [0.5, 0.6) is 0 Å². The van der Waals surface area contributed by atoms with Gasteiger partial charge in [0.05, 0.1) is 0 Å². The number of aryl methyl sites for hydroxylation is 1. The molecule has 0 fully saturated rings. The van der Waals surface area contributed by atoms with Crippen molar-refractivity contribution in [3.63, 3.8) is 0 Å². The molecule has 0 radical (unpaired) electrons. The molecule has 0 aliphatic carbocycles. The molecule has 1 heterocycles. The molecule has 0 bridgehead atoms. The number of carbonyl (C=O) groups excluding carboxylic acids is 2. The van der Waals surface area contributed by atoms with E-state index in [1.165, 1.54) is 0 Å². The monoisotopic (exact) mass is 313 g/mol. The van der Waals surface area contributed by atoms with Gasteiger partial charge >= 0.3 is 6.09 Å². The molecular formula is C17H19N3O3. The first-order valence-corrected chi connectivity index (χ1v) is 7.26. The number of nitrogens with zero attached hydrogens (tertiary/aromatic N) is 1. The lowest BCUT2D eigenvalue weighted by Crippen LogP contribution is -2.41. The molecule has 2 amide bonds. The van der Waals surface area contributed by atoms with Crippen molar-refractivity contribution in [1.82, 2.24) is 10.3 Å². The Hall–Kier alpha value is -2.89. The minimum atomic E-state index is -0.736. The molecule has 23 heavy (non-hydrogen) atoms. The normalized spacial score (nSPS) is 11.4. The van der Waals surface area contributed by atoms with Crippen LogP contribution in [0.4, 0.5) is 10.6 Å². The number of pyridine rings is 1. The number of hydrogen-bond acceptors (Lipinski definition) is 4. The number of rotatable bonds is 5. The predicted molar refractivity (Wildman–Crippen MR) is 86.8 cm³/mol. The van der Waals surface area contributed by atoms with Gasteiger partial charge in [0, 0.05) is 5.69 Å². The Balaban J connectivity index is 1.79. The molecule has 2 N–H and O–H groups in total. The molecule has 0 saturated carbocycles. The summed E-state index contributed by atoms with van der Waals surface area (Å²) < 4.78 is 5.07. The van der Waals surface area contributed by atoms with E-state index in [1.807, 2.05) is 43.3 Å². The smallest absolute Gasteiger partial charge is 0.408 e. The summed E-state index contributed by atoms with van der Waals surface area (Å²) >= 11 is 0. The lowest BCUT2D eigenvalue weighted by Gasteiger charge is -2.14. The van der Waals surface area contributed by atoms with Gasteiger partial charge in [-0.3, -0.25) is 4.79 Å². The van der Waals surface area contributed by atoms with Crippen LogP contribution in [0.1, 0.15) is 18.2 Å². The third-order valence-electron chi connectivity index (χ3n) is 3.08. The number of aromatic nitrogens is 1. The number of carbonyl (C=O) groups is 2. The number of alkyl carbamates (subject to hydrolysis) is 1. The van der Waals surface area contributed by atoms with E-state index in [1.54, 1.807) is 19.1 Å². The lowest BCUT2D eigenvalue weighted by molar-refractivity contribution is -0.117. The summed E-state index contributed by atoms with van der Waals surface area (Å²) in [5, 5.41) is 5.13. The van der Waals surface area contributed by atoms with Crippen LogP contribution < -0.4 is 10.6 Å². The number of hydrogen-bond donors (Lipinski definition) is 2. The highest BCUT2D eigenvalue weighted by molar-refractivity contribution is 5.95. The van der Waals surface area contributed by atoms with E-state index in [0.717, 1.165) is 11.3 Å². The first-order chi connectivity index (χ1) is 11.0. The molecule has 0 spiro atoms. The molecule has 0 aliphatic rings.